The molecule has 0 aliphatic carbocycles. The summed E-state index contributed by atoms with van der Waals surface area (Å²) in [6.07, 6.45) is 4.13. The summed E-state index contributed by atoms with van der Waals surface area (Å²) in [4.78, 5) is 2.55. The molecular formula is C12H23NO2. The zero-order valence-electron chi connectivity index (χ0n) is 10.00. The van der Waals surface area contributed by atoms with Crippen LogP contribution in [0.15, 0.2) is 0 Å². The van der Waals surface area contributed by atoms with Crippen LogP contribution in [0, 0.1) is 5.92 Å². The molecule has 2 fully saturated rings. The van der Waals surface area contributed by atoms with Crippen molar-refractivity contribution in [3.63, 3.8) is 0 Å². The van der Waals surface area contributed by atoms with E-state index in [1.165, 1.54) is 32.4 Å². The molecule has 0 saturated carbocycles. The molecular weight excluding hydrogens is 190 g/mol. The lowest BCUT2D eigenvalue weighted by atomic mass is 10.1. The molecule has 0 radical (unpaired) electrons. The van der Waals surface area contributed by atoms with Gasteiger partial charge in [0.05, 0.1) is 13.2 Å². The van der Waals surface area contributed by atoms with E-state index >= 15 is 0 Å². The summed E-state index contributed by atoms with van der Waals surface area (Å²) in [5.74, 6) is 0.203. The van der Waals surface area contributed by atoms with Crippen LogP contribution in [0.2, 0.25) is 0 Å². The highest BCUT2D eigenvalue weighted by atomic mass is 16.7. The summed E-state index contributed by atoms with van der Waals surface area (Å²) in [7, 11) is 0. The third-order valence-corrected chi connectivity index (χ3v) is 3.30. The lowest BCUT2D eigenvalue weighted by Crippen LogP contribution is -2.44. The van der Waals surface area contributed by atoms with Crippen molar-refractivity contribution < 1.29 is 9.47 Å². The van der Waals surface area contributed by atoms with Gasteiger partial charge < -0.3 is 14.4 Å². The molecule has 0 bridgehead atoms. The first kappa shape index (κ1) is 11.4. The summed E-state index contributed by atoms with van der Waals surface area (Å²) >= 11 is 0. The fourth-order valence-corrected chi connectivity index (χ4v) is 2.34. The Morgan fingerprint density at radius 1 is 1.07 bits per heavy atom. The second-order valence-electron chi connectivity index (χ2n) is 5.25. The lowest BCUT2D eigenvalue weighted by Gasteiger charge is -2.37. The Labute approximate surface area is 92.7 Å². The highest BCUT2D eigenvalue weighted by Gasteiger charge is 2.29. The van der Waals surface area contributed by atoms with E-state index < -0.39 is 0 Å². The molecule has 0 unspecified atom stereocenters. The predicted octanol–water partition coefficient (Wildman–Crippen LogP) is 1.87. The van der Waals surface area contributed by atoms with Crippen molar-refractivity contribution >= 4 is 0 Å². The summed E-state index contributed by atoms with van der Waals surface area (Å²) in [5.41, 5.74) is 0. The van der Waals surface area contributed by atoms with Gasteiger partial charge in [-0.3, -0.25) is 0 Å². The minimum atomic E-state index is -0.363. The number of hydrogen-bond acceptors (Lipinski definition) is 3. The largest absolute Gasteiger partial charge is 0.350 e. The number of likely N-dealkylation sites (tertiary alicyclic amines) is 1. The first-order chi connectivity index (χ1) is 7.16. The van der Waals surface area contributed by atoms with E-state index in [0.29, 0.717) is 5.92 Å². The van der Waals surface area contributed by atoms with E-state index in [9.17, 15) is 0 Å². The quantitative estimate of drug-likeness (QED) is 0.699. The topological polar surface area (TPSA) is 21.7 Å². The van der Waals surface area contributed by atoms with Gasteiger partial charge in [-0.05, 0) is 39.8 Å². The molecule has 2 aliphatic rings. The number of hydrogen-bond donors (Lipinski definition) is 0. The molecule has 0 amide bonds. The molecule has 3 heteroatoms. The van der Waals surface area contributed by atoms with Gasteiger partial charge in [-0.1, -0.05) is 6.42 Å². The van der Waals surface area contributed by atoms with Crippen LogP contribution >= 0.6 is 0 Å². The van der Waals surface area contributed by atoms with E-state index in [0.717, 1.165) is 19.8 Å². The maximum atomic E-state index is 5.67. The van der Waals surface area contributed by atoms with Crippen LogP contribution in [0.25, 0.3) is 0 Å². The van der Waals surface area contributed by atoms with Gasteiger partial charge in [0.15, 0.2) is 5.79 Å². The molecule has 0 aromatic carbocycles. The summed E-state index contributed by atoms with van der Waals surface area (Å²) in [6.45, 7) is 9.36. The van der Waals surface area contributed by atoms with Gasteiger partial charge in [-0.15, -0.1) is 0 Å². The van der Waals surface area contributed by atoms with Crippen molar-refractivity contribution in [3.8, 4) is 0 Å². The minimum absolute atomic E-state index is 0.363. The van der Waals surface area contributed by atoms with Crippen LogP contribution in [0.5, 0.6) is 0 Å². The van der Waals surface area contributed by atoms with Crippen LogP contribution < -0.4 is 0 Å². The zero-order valence-corrected chi connectivity index (χ0v) is 10.00. The number of nitrogens with zero attached hydrogens (tertiary/aromatic N) is 1. The average Bonchev–Trinajstić information content (AvgIpc) is 2.23. The maximum Gasteiger partial charge on any atom is 0.162 e. The average molecular weight is 213 g/mol. The van der Waals surface area contributed by atoms with Crippen LogP contribution in [0.3, 0.4) is 0 Å². The molecule has 3 nitrogen and oxygen atoms in total. The fourth-order valence-electron chi connectivity index (χ4n) is 2.34. The van der Waals surface area contributed by atoms with Crippen molar-refractivity contribution in [3.05, 3.63) is 0 Å². The Morgan fingerprint density at radius 2 is 1.67 bits per heavy atom. The van der Waals surface area contributed by atoms with Gasteiger partial charge in [-0.2, -0.15) is 0 Å². The maximum absolute atomic E-state index is 5.67. The zero-order chi connectivity index (χ0) is 10.7. The second kappa shape index (κ2) is 4.81. The second-order valence-corrected chi connectivity index (χ2v) is 5.25. The third kappa shape index (κ3) is 3.44. The summed E-state index contributed by atoms with van der Waals surface area (Å²) in [6, 6.07) is 0. The Morgan fingerprint density at radius 3 is 2.27 bits per heavy atom. The Bertz CT molecular complexity index is 190. The lowest BCUT2D eigenvalue weighted by molar-refractivity contribution is -0.263. The van der Waals surface area contributed by atoms with Gasteiger partial charge >= 0.3 is 0 Å². The SMILES string of the molecule is CC1(C)OCC(CN2CCCCC2)CO1. The molecule has 0 aromatic heterocycles. The fraction of sp³-hybridized carbons (Fsp3) is 1.00. The third-order valence-electron chi connectivity index (χ3n) is 3.30. The van der Waals surface area contributed by atoms with Crippen LogP contribution in [-0.2, 0) is 9.47 Å². The predicted molar refractivity (Wildman–Crippen MR) is 59.8 cm³/mol. The summed E-state index contributed by atoms with van der Waals surface area (Å²) < 4.78 is 11.3. The van der Waals surface area contributed by atoms with Crippen molar-refractivity contribution in [2.75, 3.05) is 32.8 Å². The van der Waals surface area contributed by atoms with E-state index in [1.807, 2.05) is 13.8 Å². The van der Waals surface area contributed by atoms with Crippen LogP contribution in [0.1, 0.15) is 33.1 Å². The molecule has 2 rings (SSSR count). The molecule has 0 spiro atoms. The Balaban J connectivity index is 1.71. The van der Waals surface area contributed by atoms with Gasteiger partial charge in [0.25, 0.3) is 0 Å². The smallest absolute Gasteiger partial charge is 0.162 e. The number of rotatable bonds is 2. The van der Waals surface area contributed by atoms with Gasteiger partial charge in [-0.25, -0.2) is 0 Å². The molecule has 88 valence electrons. The van der Waals surface area contributed by atoms with Crippen molar-refractivity contribution in [1.82, 2.24) is 4.90 Å². The standard InChI is InChI=1S/C12H23NO2/c1-12(2)14-9-11(10-15-12)8-13-6-4-3-5-7-13/h11H,3-10H2,1-2H3. The Kier molecular flexibility index (Phi) is 3.65. The molecule has 15 heavy (non-hydrogen) atoms. The van der Waals surface area contributed by atoms with E-state index in [-0.39, 0.29) is 5.79 Å². The highest BCUT2D eigenvalue weighted by Crippen LogP contribution is 2.21. The first-order valence-electron chi connectivity index (χ1n) is 6.16. The summed E-state index contributed by atoms with van der Waals surface area (Å²) in [5, 5.41) is 0. The molecule has 0 aromatic rings. The normalized spacial score (nSPS) is 29.2. The minimum Gasteiger partial charge on any atom is -0.350 e. The Hall–Kier alpha value is -0.120. The van der Waals surface area contributed by atoms with E-state index in [1.54, 1.807) is 0 Å². The number of piperidine rings is 1. The van der Waals surface area contributed by atoms with E-state index in [2.05, 4.69) is 4.90 Å². The van der Waals surface area contributed by atoms with Crippen molar-refractivity contribution in [1.29, 1.82) is 0 Å². The molecule has 2 heterocycles. The molecule has 2 aliphatic heterocycles. The van der Waals surface area contributed by atoms with Gasteiger partial charge in [0.1, 0.15) is 0 Å². The van der Waals surface area contributed by atoms with Crippen molar-refractivity contribution in [2.24, 2.45) is 5.92 Å². The van der Waals surface area contributed by atoms with Crippen LogP contribution in [0.4, 0.5) is 0 Å². The van der Waals surface area contributed by atoms with Crippen molar-refractivity contribution in [2.45, 2.75) is 38.9 Å². The van der Waals surface area contributed by atoms with Crippen LogP contribution in [-0.4, -0.2) is 43.5 Å². The van der Waals surface area contributed by atoms with Gasteiger partial charge in [0.2, 0.25) is 0 Å². The first-order valence-corrected chi connectivity index (χ1v) is 6.16. The number of ether oxygens (including phenoxy) is 2. The van der Waals surface area contributed by atoms with Gasteiger partial charge in [0, 0.05) is 12.5 Å². The molecule has 0 N–H and O–H groups in total. The molecule has 2 saturated heterocycles. The molecule has 0 atom stereocenters. The highest BCUT2D eigenvalue weighted by molar-refractivity contribution is 4.73. The van der Waals surface area contributed by atoms with E-state index in [4.69, 9.17) is 9.47 Å². The monoisotopic (exact) mass is 213 g/mol.